The van der Waals surface area contributed by atoms with Crippen LogP contribution in [0.15, 0.2) is 77.7 Å². The van der Waals surface area contributed by atoms with Gasteiger partial charge in [0.25, 0.3) is 10.0 Å². The first-order chi connectivity index (χ1) is 15.2. The molecule has 0 heterocycles. The van der Waals surface area contributed by atoms with E-state index >= 15 is 0 Å². The fraction of sp³-hybridized carbons (Fsp3) is 0.208. The molecule has 0 spiro atoms. The first-order valence-electron chi connectivity index (χ1n) is 9.93. The van der Waals surface area contributed by atoms with E-state index < -0.39 is 10.0 Å². The van der Waals surface area contributed by atoms with Crippen molar-refractivity contribution in [2.24, 2.45) is 0 Å². The lowest BCUT2D eigenvalue weighted by molar-refractivity contribution is -0.128. The topological polar surface area (TPSA) is 66.9 Å². The summed E-state index contributed by atoms with van der Waals surface area (Å²) in [5.41, 5.74) is 2.07. The molecule has 0 fully saturated rings. The second kappa shape index (κ2) is 10.1. The molecule has 8 heteroatoms. The molecule has 3 aromatic rings. The number of methoxy groups -OCH3 is 1. The number of sulfonamides is 1. The summed E-state index contributed by atoms with van der Waals surface area (Å²) in [5, 5.41) is 0.376. The van der Waals surface area contributed by atoms with Crippen LogP contribution in [0.4, 0.5) is 5.69 Å². The molecule has 0 bridgehead atoms. The predicted molar refractivity (Wildman–Crippen MR) is 127 cm³/mol. The molecule has 0 aromatic heterocycles. The van der Waals surface area contributed by atoms with Crippen molar-refractivity contribution >= 4 is 33.2 Å². The molecule has 3 aromatic carbocycles. The monoisotopic (exact) mass is 472 g/mol. The van der Waals surface area contributed by atoms with Gasteiger partial charge in [-0.2, -0.15) is 0 Å². The van der Waals surface area contributed by atoms with E-state index in [1.165, 1.54) is 23.1 Å². The van der Waals surface area contributed by atoms with Crippen molar-refractivity contribution < 1.29 is 17.9 Å². The number of para-hydroxylation sites is 1. The van der Waals surface area contributed by atoms with Crippen molar-refractivity contribution in [3.8, 4) is 5.75 Å². The highest BCUT2D eigenvalue weighted by atomic mass is 35.5. The Kier molecular flexibility index (Phi) is 7.43. The number of likely N-dealkylation sites (N-methyl/N-ethyl adjacent to an activating group) is 1. The van der Waals surface area contributed by atoms with E-state index in [-0.39, 0.29) is 23.9 Å². The van der Waals surface area contributed by atoms with Crippen LogP contribution < -0.4 is 9.04 Å². The molecule has 0 saturated carbocycles. The van der Waals surface area contributed by atoms with Crippen LogP contribution in [0.2, 0.25) is 5.02 Å². The fourth-order valence-corrected chi connectivity index (χ4v) is 4.80. The molecule has 6 nitrogen and oxygen atoms in total. The number of rotatable bonds is 8. The standard InChI is InChI=1S/C24H25ClN2O4S/c1-18-11-13-22(14-12-18)32(29,30)27(21-9-6-8-20(25)15-21)17-24(28)26(2)16-19-7-4-5-10-23(19)31-3/h4-15H,16-17H2,1-3H3. The third-order valence-electron chi connectivity index (χ3n) is 5.01. The van der Waals surface area contributed by atoms with E-state index in [1.807, 2.05) is 31.2 Å². The van der Waals surface area contributed by atoms with Crippen LogP contribution in [0.25, 0.3) is 0 Å². The number of hydrogen-bond donors (Lipinski definition) is 0. The van der Waals surface area contributed by atoms with E-state index in [0.717, 1.165) is 15.4 Å². The number of aryl methyl sites for hydroxylation is 1. The van der Waals surface area contributed by atoms with Crippen LogP contribution in [0.5, 0.6) is 5.75 Å². The highest BCUT2D eigenvalue weighted by molar-refractivity contribution is 7.92. The molecule has 0 aliphatic rings. The normalized spacial score (nSPS) is 11.1. The molecule has 0 N–H and O–H groups in total. The van der Waals surface area contributed by atoms with Gasteiger partial charge < -0.3 is 9.64 Å². The van der Waals surface area contributed by atoms with Crippen molar-refractivity contribution in [1.82, 2.24) is 4.90 Å². The molecule has 32 heavy (non-hydrogen) atoms. The van der Waals surface area contributed by atoms with Gasteiger partial charge in [-0.1, -0.05) is 53.6 Å². The molecule has 0 radical (unpaired) electrons. The zero-order chi connectivity index (χ0) is 23.3. The largest absolute Gasteiger partial charge is 0.496 e. The average molecular weight is 473 g/mol. The van der Waals surface area contributed by atoms with Gasteiger partial charge in [0.1, 0.15) is 12.3 Å². The number of carbonyl (C=O) groups excluding carboxylic acids is 1. The quantitative estimate of drug-likeness (QED) is 0.483. The maximum atomic E-state index is 13.5. The van der Waals surface area contributed by atoms with Gasteiger partial charge >= 0.3 is 0 Å². The number of anilines is 1. The molecule has 0 aliphatic heterocycles. The Bertz CT molecular complexity index is 1200. The first-order valence-corrected chi connectivity index (χ1v) is 11.7. The minimum atomic E-state index is -4.00. The van der Waals surface area contributed by atoms with Gasteiger partial charge in [0.15, 0.2) is 0 Å². The number of nitrogens with zero attached hydrogens (tertiary/aromatic N) is 2. The fourth-order valence-electron chi connectivity index (χ4n) is 3.20. The van der Waals surface area contributed by atoms with E-state index in [0.29, 0.717) is 16.5 Å². The first kappa shape index (κ1) is 23.6. The molecule has 168 valence electrons. The Hall–Kier alpha value is -3.03. The van der Waals surface area contributed by atoms with E-state index in [1.54, 1.807) is 44.5 Å². The van der Waals surface area contributed by atoms with Crippen LogP contribution >= 0.6 is 11.6 Å². The Labute approximate surface area is 194 Å². The van der Waals surface area contributed by atoms with Crippen molar-refractivity contribution in [2.75, 3.05) is 25.0 Å². The van der Waals surface area contributed by atoms with Crippen LogP contribution in [0, 0.1) is 6.92 Å². The molecule has 0 aliphatic carbocycles. The summed E-state index contributed by atoms with van der Waals surface area (Å²) in [5.74, 6) is 0.290. The van der Waals surface area contributed by atoms with Gasteiger partial charge in [-0.15, -0.1) is 0 Å². The lowest BCUT2D eigenvalue weighted by Crippen LogP contribution is -2.41. The molecule has 3 rings (SSSR count). The Balaban J connectivity index is 1.92. The van der Waals surface area contributed by atoms with Gasteiger partial charge in [-0.3, -0.25) is 9.10 Å². The molecule has 1 amide bonds. The highest BCUT2D eigenvalue weighted by Crippen LogP contribution is 2.27. The molecule has 0 saturated heterocycles. The summed E-state index contributed by atoms with van der Waals surface area (Å²) in [6.45, 7) is 1.78. The summed E-state index contributed by atoms with van der Waals surface area (Å²) in [6.07, 6.45) is 0. The van der Waals surface area contributed by atoms with Crippen molar-refractivity contribution in [3.05, 3.63) is 88.9 Å². The molecule has 0 atom stereocenters. The summed E-state index contributed by atoms with van der Waals surface area (Å²) in [7, 11) is -0.806. The lowest BCUT2D eigenvalue weighted by atomic mass is 10.2. The number of ether oxygens (including phenoxy) is 1. The van der Waals surface area contributed by atoms with Crippen molar-refractivity contribution in [3.63, 3.8) is 0 Å². The van der Waals surface area contributed by atoms with Gasteiger partial charge in [0.2, 0.25) is 5.91 Å². The van der Waals surface area contributed by atoms with E-state index in [9.17, 15) is 13.2 Å². The summed E-state index contributed by atoms with van der Waals surface area (Å²) in [4.78, 5) is 14.7. The number of carbonyl (C=O) groups is 1. The third-order valence-corrected chi connectivity index (χ3v) is 7.03. The van der Waals surface area contributed by atoms with E-state index in [2.05, 4.69) is 0 Å². The van der Waals surface area contributed by atoms with Crippen LogP contribution in [0.3, 0.4) is 0 Å². The number of hydrogen-bond acceptors (Lipinski definition) is 4. The third kappa shape index (κ3) is 5.41. The maximum absolute atomic E-state index is 13.5. The summed E-state index contributed by atoms with van der Waals surface area (Å²) >= 11 is 6.11. The van der Waals surface area contributed by atoms with Gasteiger partial charge in [-0.05, 0) is 43.3 Å². The van der Waals surface area contributed by atoms with Crippen molar-refractivity contribution in [2.45, 2.75) is 18.4 Å². The Morgan fingerprint density at radius 2 is 1.69 bits per heavy atom. The zero-order valence-corrected chi connectivity index (χ0v) is 19.7. The average Bonchev–Trinajstić information content (AvgIpc) is 2.77. The number of benzene rings is 3. The summed E-state index contributed by atoms with van der Waals surface area (Å²) < 4.78 is 33.4. The SMILES string of the molecule is COc1ccccc1CN(C)C(=O)CN(c1cccc(Cl)c1)S(=O)(=O)c1ccc(C)cc1. The van der Waals surface area contributed by atoms with Crippen LogP contribution in [0.1, 0.15) is 11.1 Å². The summed E-state index contributed by atoms with van der Waals surface area (Å²) in [6, 6.07) is 20.3. The second-order valence-corrected chi connectivity index (χ2v) is 9.66. The molecule has 0 unspecified atom stereocenters. The Morgan fingerprint density at radius 1 is 1.00 bits per heavy atom. The minimum absolute atomic E-state index is 0.100. The van der Waals surface area contributed by atoms with E-state index in [4.69, 9.17) is 16.3 Å². The van der Waals surface area contributed by atoms with Gasteiger partial charge in [0, 0.05) is 24.2 Å². The Morgan fingerprint density at radius 3 is 2.34 bits per heavy atom. The van der Waals surface area contributed by atoms with Gasteiger partial charge in [-0.25, -0.2) is 8.42 Å². The smallest absolute Gasteiger partial charge is 0.264 e. The highest BCUT2D eigenvalue weighted by Gasteiger charge is 2.28. The molecular weight excluding hydrogens is 448 g/mol. The second-order valence-electron chi connectivity index (χ2n) is 7.37. The zero-order valence-electron chi connectivity index (χ0n) is 18.2. The minimum Gasteiger partial charge on any atom is -0.496 e. The maximum Gasteiger partial charge on any atom is 0.264 e. The lowest BCUT2D eigenvalue weighted by Gasteiger charge is -2.27. The van der Waals surface area contributed by atoms with Crippen LogP contribution in [-0.2, 0) is 21.4 Å². The number of halogens is 1. The van der Waals surface area contributed by atoms with Crippen LogP contribution in [-0.4, -0.2) is 39.9 Å². The number of amides is 1. The molecular formula is C24H25ClN2O4S. The van der Waals surface area contributed by atoms with Gasteiger partial charge in [0.05, 0.1) is 17.7 Å². The predicted octanol–water partition coefficient (Wildman–Crippen LogP) is 4.51. The van der Waals surface area contributed by atoms with Crippen molar-refractivity contribution in [1.29, 1.82) is 0 Å².